The van der Waals surface area contributed by atoms with Gasteiger partial charge in [-0.25, -0.2) is 0 Å². The van der Waals surface area contributed by atoms with Crippen LogP contribution in [0.3, 0.4) is 0 Å². The maximum absolute atomic E-state index is 5.51. The standard InChI is InChI=1S/C14H25N3O/c1-15-10-14-12(6-9-18-14)11-17(3)13-4-7-16(2)8-5-13/h6,9,13,15H,4-5,7-8,10-11H2,1-3H3. The summed E-state index contributed by atoms with van der Waals surface area (Å²) in [5, 5.41) is 3.15. The Balaban J connectivity index is 1.90. The molecule has 1 aliphatic rings. The molecule has 18 heavy (non-hydrogen) atoms. The Kier molecular flexibility index (Phi) is 4.80. The minimum absolute atomic E-state index is 0.707. The fourth-order valence-electron chi connectivity index (χ4n) is 2.66. The van der Waals surface area contributed by atoms with E-state index in [1.807, 2.05) is 7.05 Å². The summed E-state index contributed by atoms with van der Waals surface area (Å²) in [7, 11) is 6.39. The molecule has 102 valence electrons. The Bertz CT molecular complexity index is 356. The van der Waals surface area contributed by atoms with Gasteiger partial charge >= 0.3 is 0 Å². The van der Waals surface area contributed by atoms with Gasteiger partial charge in [-0.3, -0.25) is 4.90 Å². The van der Waals surface area contributed by atoms with Crippen molar-refractivity contribution in [2.45, 2.75) is 32.0 Å². The molecule has 0 spiro atoms. The van der Waals surface area contributed by atoms with Crippen LogP contribution >= 0.6 is 0 Å². The minimum atomic E-state index is 0.707. The van der Waals surface area contributed by atoms with Crippen LogP contribution < -0.4 is 5.32 Å². The molecule has 0 radical (unpaired) electrons. The normalized spacial score (nSPS) is 18.7. The molecular weight excluding hydrogens is 226 g/mol. The highest BCUT2D eigenvalue weighted by Crippen LogP contribution is 2.19. The Morgan fingerprint density at radius 3 is 2.83 bits per heavy atom. The second kappa shape index (κ2) is 6.36. The summed E-state index contributed by atoms with van der Waals surface area (Å²) in [6.45, 7) is 4.22. The number of rotatable bonds is 5. The fraction of sp³-hybridized carbons (Fsp3) is 0.714. The third-order valence-electron chi connectivity index (χ3n) is 3.91. The van der Waals surface area contributed by atoms with Crippen molar-refractivity contribution in [3.63, 3.8) is 0 Å². The molecule has 2 rings (SSSR count). The van der Waals surface area contributed by atoms with E-state index in [4.69, 9.17) is 4.42 Å². The van der Waals surface area contributed by atoms with Crippen molar-refractivity contribution < 1.29 is 4.42 Å². The van der Waals surface area contributed by atoms with Gasteiger partial charge in [-0.2, -0.15) is 0 Å². The van der Waals surface area contributed by atoms with Crippen molar-refractivity contribution in [2.75, 3.05) is 34.2 Å². The number of hydrogen-bond donors (Lipinski definition) is 1. The predicted molar refractivity (Wildman–Crippen MR) is 73.5 cm³/mol. The Labute approximate surface area is 110 Å². The summed E-state index contributed by atoms with van der Waals surface area (Å²) < 4.78 is 5.51. The lowest BCUT2D eigenvalue weighted by atomic mass is 10.0. The number of hydrogen-bond acceptors (Lipinski definition) is 4. The largest absolute Gasteiger partial charge is 0.468 e. The molecular formula is C14H25N3O. The summed E-state index contributed by atoms with van der Waals surface area (Å²) in [5.41, 5.74) is 1.31. The van der Waals surface area contributed by atoms with Gasteiger partial charge in [0, 0.05) is 18.2 Å². The number of piperidine rings is 1. The van der Waals surface area contributed by atoms with Crippen molar-refractivity contribution >= 4 is 0 Å². The number of likely N-dealkylation sites (tertiary alicyclic amines) is 1. The molecule has 1 aromatic rings. The van der Waals surface area contributed by atoms with Crippen LogP contribution in [0.5, 0.6) is 0 Å². The number of nitrogens with one attached hydrogen (secondary N) is 1. The van der Waals surface area contributed by atoms with E-state index in [1.54, 1.807) is 6.26 Å². The zero-order valence-electron chi connectivity index (χ0n) is 11.8. The average molecular weight is 251 g/mol. The second-order valence-corrected chi connectivity index (χ2v) is 5.35. The maximum atomic E-state index is 5.51. The van der Waals surface area contributed by atoms with E-state index in [0.29, 0.717) is 6.04 Å². The smallest absolute Gasteiger partial charge is 0.122 e. The predicted octanol–water partition coefficient (Wildman–Crippen LogP) is 1.52. The molecule has 0 unspecified atom stereocenters. The van der Waals surface area contributed by atoms with Gasteiger partial charge < -0.3 is 14.6 Å². The van der Waals surface area contributed by atoms with E-state index < -0.39 is 0 Å². The average Bonchev–Trinajstić information content (AvgIpc) is 2.78. The van der Waals surface area contributed by atoms with Crippen molar-refractivity contribution in [3.8, 4) is 0 Å². The van der Waals surface area contributed by atoms with Crippen molar-refractivity contribution in [1.82, 2.24) is 15.1 Å². The first-order valence-corrected chi connectivity index (χ1v) is 6.79. The second-order valence-electron chi connectivity index (χ2n) is 5.35. The molecule has 0 aromatic carbocycles. The van der Waals surface area contributed by atoms with Crippen molar-refractivity contribution in [1.29, 1.82) is 0 Å². The summed E-state index contributed by atoms with van der Waals surface area (Å²) in [6.07, 6.45) is 4.34. The van der Waals surface area contributed by atoms with Gasteiger partial charge in [0.05, 0.1) is 12.8 Å². The van der Waals surface area contributed by atoms with Crippen LogP contribution in [-0.2, 0) is 13.1 Å². The van der Waals surface area contributed by atoms with E-state index in [2.05, 4.69) is 35.3 Å². The highest BCUT2D eigenvalue weighted by atomic mass is 16.3. The topological polar surface area (TPSA) is 31.7 Å². The third kappa shape index (κ3) is 3.34. The quantitative estimate of drug-likeness (QED) is 0.860. The van der Waals surface area contributed by atoms with Gasteiger partial charge in [0.25, 0.3) is 0 Å². The number of nitrogens with zero attached hydrogens (tertiary/aromatic N) is 2. The summed E-state index contributed by atoms with van der Waals surface area (Å²) in [6, 6.07) is 2.80. The van der Waals surface area contributed by atoms with E-state index in [9.17, 15) is 0 Å². The molecule has 1 aliphatic heterocycles. The molecule has 0 aliphatic carbocycles. The van der Waals surface area contributed by atoms with E-state index in [-0.39, 0.29) is 0 Å². The lowest BCUT2D eigenvalue weighted by molar-refractivity contribution is 0.138. The first kappa shape index (κ1) is 13.6. The van der Waals surface area contributed by atoms with Crippen molar-refractivity contribution in [2.24, 2.45) is 0 Å². The van der Waals surface area contributed by atoms with Gasteiger partial charge in [-0.05, 0) is 53.1 Å². The van der Waals surface area contributed by atoms with E-state index in [0.717, 1.165) is 18.8 Å². The van der Waals surface area contributed by atoms with Crippen LogP contribution in [-0.4, -0.2) is 50.1 Å². The first-order chi connectivity index (χ1) is 8.70. The lowest BCUT2D eigenvalue weighted by Gasteiger charge is -2.35. The number of furan rings is 1. The zero-order chi connectivity index (χ0) is 13.0. The SMILES string of the molecule is CNCc1occc1CN(C)C1CCN(C)CC1. The van der Waals surface area contributed by atoms with Crippen LogP contribution in [0.15, 0.2) is 16.7 Å². The molecule has 4 heteroatoms. The Morgan fingerprint density at radius 1 is 1.44 bits per heavy atom. The maximum Gasteiger partial charge on any atom is 0.122 e. The van der Waals surface area contributed by atoms with Gasteiger partial charge in [0.2, 0.25) is 0 Å². The van der Waals surface area contributed by atoms with Gasteiger partial charge in [0.1, 0.15) is 5.76 Å². The van der Waals surface area contributed by atoms with Crippen LogP contribution in [0.2, 0.25) is 0 Å². The molecule has 1 fully saturated rings. The van der Waals surface area contributed by atoms with Crippen LogP contribution in [0.1, 0.15) is 24.2 Å². The van der Waals surface area contributed by atoms with Crippen LogP contribution in [0.4, 0.5) is 0 Å². The molecule has 4 nitrogen and oxygen atoms in total. The highest BCUT2D eigenvalue weighted by molar-refractivity contribution is 5.16. The van der Waals surface area contributed by atoms with E-state index in [1.165, 1.54) is 31.5 Å². The van der Waals surface area contributed by atoms with Crippen molar-refractivity contribution in [3.05, 3.63) is 23.7 Å². The molecule has 1 N–H and O–H groups in total. The van der Waals surface area contributed by atoms with Gasteiger partial charge in [-0.1, -0.05) is 0 Å². The summed E-state index contributed by atoms with van der Waals surface area (Å²) in [5.74, 6) is 1.07. The molecule has 0 saturated carbocycles. The monoisotopic (exact) mass is 251 g/mol. The molecule has 0 bridgehead atoms. The van der Waals surface area contributed by atoms with Gasteiger partial charge in [0.15, 0.2) is 0 Å². The van der Waals surface area contributed by atoms with Crippen LogP contribution in [0, 0.1) is 0 Å². The molecule has 1 saturated heterocycles. The molecule has 2 heterocycles. The molecule has 0 atom stereocenters. The molecule has 0 amide bonds. The summed E-state index contributed by atoms with van der Waals surface area (Å²) in [4.78, 5) is 4.88. The minimum Gasteiger partial charge on any atom is -0.468 e. The Morgan fingerprint density at radius 2 is 2.17 bits per heavy atom. The summed E-state index contributed by atoms with van der Waals surface area (Å²) >= 11 is 0. The lowest BCUT2D eigenvalue weighted by Crippen LogP contribution is -2.41. The molecule has 1 aromatic heterocycles. The first-order valence-electron chi connectivity index (χ1n) is 6.79. The third-order valence-corrected chi connectivity index (χ3v) is 3.91. The van der Waals surface area contributed by atoms with E-state index >= 15 is 0 Å². The zero-order valence-corrected chi connectivity index (χ0v) is 11.8. The van der Waals surface area contributed by atoms with Gasteiger partial charge in [-0.15, -0.1) is 0 Å². The van der Waals surface area contributed by atoms with Crippen LogP contribution in [0.25, 0.3) is 0 Å². The Hall–Kier alpha value is -0.840. The highest BCUT2D eigenvalue weighted by Gasteiger charge is 2.21. The fourth-order valence-corrected chi connectivity index (χ4v) is 2.66.